The van der Waals surface area contributed by atoms with Gasteiger partial charge in [0.25, 0.3) is 0 Å². The molecule has 17 heavy (non-hydrogen) atoms. The Hall–Kier alpha value is -1.61. The van der Waals surface area contributed by atoms with Gasteiger partial charge < -0.3 is 10.1 Å². The van der Waals surface area contributed by atoms with Crippen LogP contribution in [0.1, 0.15) is 18.1 Å². The second-order valence-corrected chi connectivity index (χ2v) is 4.14. The van der Waals surface area contributed by atoms with Crippen molar-refractivity contribution < 1.29 is 4.74 Å². The minimum atomic E-state index is 0.643. The minimum Gasteiger partial charge on any atom is -0.380 e. The summed E-state index contributed by atoms with van der Waals surface area (Å²) in [6, 6.07) is 8.40. The van der Waals surface area contributed by atoms with Gasteiger partial charge in [0.15, 0.2) is 0 Å². The summed E-state index contributed by atoms with van der Waals surface area (Å²) in [6.45, 7) is 5.69. The third kappa shape index (κ3) is 2.56. The van der Waals surface area contributed by atoms with Crippen LogP contribution in [0.3, 0.4) is 0 Å². The monoisotopic (exact) mass is 230 g/mol. The fraction of sp³-hybridized carbons (Fsp3) is 0.357. The number of fused-ring (bicyclic) bond motifs is 1. The molecule has 2 aromatic rings. The molecular weight excluding hydrogens is 212 g/mol. The molecule has 2 rings (SSSR count). The number of hydrogen-bond donors (Lipinski definition) is 1. The van der Waals surface area contributed by atoms with E-state index in [9.17, 15) is 0 Å². The lowest BCUT2D eigenvalue weighted by Gasteiger charge is -2.09. The van der Waals surface area contributed by atoms with Crippen LogP contribution in [0.4, 0.5) is 5.82 Å². The van der Waals surface area contributed by atoms with Gasteiger partial charge in [-0.2, -0.15) is 0 Å². The zero-order valence-electron chi connectivity index (χ0n) is 10.6. The number of aromatic nitrogens is 1. The molecule has 0 aliphatic rings. The lowest BCUT2D eigenvalue weighted by Crippen LogP contribution is -2.01. The van der Waals surface area contributed by atoms with Crippen LogP contribution >= 0.6 is 0 Å². The maximum atomic E-state index is 5.14. The van der Waals surface area contributed by atoms with E-state index in [2.05, 4.69) is 42.3 Å². The first-order valence-corrected chi connectivity index (χ1v) is 5.87. The highest BCUT2D eigenvalue weighted by atomic mass is 16.5. The van der Waals surface area contributed by atoms with E-state index in [-0.39, 0.29) is 0 Å². The molecule has 0 unspecified atom stereocenters. The second-order valence-electron chi connectivity index (χ2n) is 4.14. The van der Waals surface area contributed by atoms with Crippen molar-refractivity contribution in [2.75, 3.05) is 19.0 Å². The Balaban J connectivity index is 2.46. The van der Waals surface area contributed by atoms with Gasteiger partial charge in [0.05, 0.1) is 12.1 Å². The lowest BCUT2D eigenvalue weighted by atomic mass is 10.1. The van der Waals surface area contributed by atoms with Crippen LogP contribution in [0.5, 0.6) is 0 Å². The first kappa shape index (κ1) is 11.9. The summed E-state index contributed by atoms with van der Waals surface area (Å²) < 4.78 is 5.14. The average molecular weight is 230 g/mol. The molecule has 0 bridgehead atoms. The van der Waals surface area contributed by atoms with Crippen molar-refractivity contribution in [3.63, 3.8) is 0 Å². The average Bonchev–Trinajstić information content (AvgIpc) is 2.31. The number of hydrogen-bond acceptors (Lipinski definition) is 3. The van der Waals surface area contributed by atoms with Gasteiger partial charge in [0.2, 0.25) is 0 Å². The molecule has 0 spiro atoms. The number of anilines is 1. The van der Waals surface area contributed by atoms with Crippen molar-refractivity contribution in [1.29, 1.82) is 0 Å². The molecule has 0 aliphatic carbocycles. The topological polar surface area (TPSA) is 34.2 Å². The van der Waals surface area contributed by atoms with E-state index < -0.39 is 0 Å². The fourth-order valence-electron chi connectivity index (χ4n) is 1.93. The predicted octanol–water partition coefficient (Wildman–Crippen LogP) is 3.12. The molecule has 3 nitrogen and oxygen atoms in total. The van der Waals surface area contributed by atoms with Gasteiger partial charge in [-0.3, -0.25) is 0 Å². The molecule has 0 saturated carbocycles. The molecule has 1 N–H and O–H groups in total. The highest BCUT2D eigenvalue weighted by molar-refractivity contribution is 5.82. The van der Waals surface area contributed by atoms with Crippen LogP contribution in [-0.2, 0) is 11.3 Å². The Labute approximate surface area is 102 Å². The molecule has 90 valence electrons. The molecule has 3 heteroatoms. The first-order chi connectivity index (χ1) is 8.24. The number of pyridine rings is 1. The molecule has 0 saturated heterocycles. The Morgan fingerprint density at radius 3 is 2.82 bits per heavy atom. The number of aryl methyl sites for hydroxylation is 1. The number of ether oxygens (including phenoxy) is 1. The van der Waals surface area contributed by atoms with Gasteiger partial charge in [-0.25, -0.2) is 4.98 Å². The van der Waals surface area contributed by atoms with Crippen molar-refractivity contribution in [3.05, 3.63) is 35.4 Å². The Bertz CT molecular complexity index is 523. The first-order valence-electron chi connectivity index (χ1n) is 5.87. The minimum absolute atomic E-state index is 0.643. The predicted molar refractivity (Wildman–Crippen MR) is 71.4 cm³/mol. The summed E-state index contributed by atoms with van der Waals surface area (Å²) in [6.07, 6.45) is 0. The quantitative estimate of drug-likeness (QED) is 0.876. The van der Waals surface area contributed by atoms with Crippen LogP contribution < -0.4 is 5.32 Å². The zero-order valence-corrected chi connectivity index (χ0v) is 10.6. The van der Waals surface area contributed by atoms with Gasteiger partial charge in [-0.1, -0.05) is 6.07 Å². The highest BCUT2D eigenvalue weighted by Gasteiger charge is 2.03. The van der Waals surface area contributed by atoms with Gasteiger partial charge >= 0.3 is 0 Å². The van der Waals surface area contributed by atoms with E-state index in [1.165, 1.54) is 16.5 Å². The van der Waals surface area contributed by atoms with Crippen molar-refractivity contribution in [2.45, 2.75) is 20.5 Å². The smallest absolute Gasteiger partial charge is 0.129 e. The maximum absolute atomic E-state index is 5.14. The molecule has 1 heterocycles. The number of nitrogens with one attached hydrogen (secondary N) is 1. The van der Waals surface area contributed by atoms with Gasteiger partial charge in [-0.15, -0.1) is 0 Å². The number of nitrogens with zero attached hydrogens (tertiary/aromatic N) is 1. The fourth-order valence-corrected chi connectivity index (χ4v) is 1.93. The standard InChI is InChI=1S/C14H18N2O/c1-4-15-14-10(2)7-12-8-11(9-17-3)5-6-13(12)16-14/h5-8H,4,9H2,1-3H3,(H,15,16). The maximum Gasteiger partial charge on any atom is 0.129 e. The van der Waals surface area contributed by atoms with Crippen molar-refractivity contribution >= 4 is 16.7 Å². The molecule has 0 fully saturated rings. The number of benzene rings is 1. The van der Waals surface area contributed by atoms with Gasteiger partial charge in [0.1, 0.15) is 5.82 Å². The molecule has 1 aromatic heterocycles. The number of methoxy groups -OCH3 is 1. The van der Waals surface area contributed by atoms with Crippen molar-refractivity contribution in [3.8, 4) is 0 Å². The summed E-state index contributed by atoms with van der Waals surface area (Å²) >= 11 is 0. The summed E-state index contributed by atoms with van der Waals surface area (Å²) in [4.78, 5) is 4.61. The largest absolute Gasteiger partial charge is 0.380 e. The summed E-state index contributed by atoms with van der Waals surface area (Å²) in [5.41, 5.74) is 3.37. The second kappa shape index (κ2) is 5.15. The zero-order chi connectivity index (χ0) is 12.3. The number of rotatable bonds is 4. The molecule has 0 atom stereocenters. The molecule has 0 radical (unpaired) electrons. The van der Waals surface area contributed by atoms with Gasteiger partial charge in [-0.05, 0) is 43.2 Å². The van der Waals surface area contributed by atoms with Gasteiger partial charge in [0, 0.05) is 19.0 Å². The Morgan fingerprint density at radius 2 is 2.12 bits per heavy atom. The van der Waals surface area contributed by atoms with Crippen LogP contribution in [0.15, 0.2) is 24.3 Å². The van der Waals surface area contributed by atoms with Crippen LogP contribution in [0, 0.1) is 6.92 Å². The van der Waals surface area contributed by atoms with E-state index in [4.69, 9.17) is 4.74 Å². The third-order valence-corrected chi connectivity index (χ3v) is 2.72. The van der Waals surface area contributed by atoms with E-state index >= 15 is 0 Å². The SMILES string of the molecule is CCNc1nc2ccc(COC)cc2cc1C. The molecule has 1 aromatic carbocycles. The summed E-state index contributed by atoms with van der Waals surface area (Å²) in [5, 5.41) is 4.44. The normalized spacial score (nSPS) is 10.8. The van der Waals surface area contributed by atoms with Crippen LogP contribution in [-0.4, -0.2) is 18.6 Å². The van der Waals surface area contributed by atoms with Crippen molar-refractivity contribution in [1.82, 2.24) is 4.98 Å². The Morgan fingerprint density at radius 1 is 1.29 bits per heavy atom. The van der Waals surface area contributed by atoms with Crippen molar-refractivity contribution in [2.24, 2.45) is 0 Å². The van der Waals surface area contributed by atoms with Crippen LogP contribution in [0.25, 0.3) is 10.9 Å². The molecule has 0 amide bonds. The van der Waals surface area contributed by atoms with E-state index in [0.717, 1.165) is 17.9 Å². The van der Waals surface area contributed by atoms with E-state index in [1.807, 2.05) is 6.07 Å². The molecular formula is C14H18N2O. The summed E-state index contributed by atoms with van der Waals surface area (Å²) in [5.74, 6) is 0.972. The summed E-state index contributed by atoms with van der Waals surface area (Å²) in [7, 11) is 1.71. The van der Waals surface area contributed by atoms with Crippen LogP contribution in [0.2, 0.25) is 0 Å². The third-order valence-electron chi connectivity index (χ3n) is 2.72. The van der Waals surface area contributed by atoms with E-state index in [0.29, 0.717) is 6.61 Å². The lowest BCUT2D eigenvalue weighted by molar-refractivity contribution is 0.185. The van der Waals surface area contributed by atoms with E-state index in [1.54, 1.807) is 7.11 Å². The molecule has 0 aliphatic heterocycles. The Kier molecular flexibility index (Phi) is 3.59. The highest BCUT2D eigenvalue weighted by Crippen LogP contribution is 2.21.